The second-order valence-electron chi connectivity index (χ2n) is 3.60. The molecule has 0 amide bonds. The Morgan fingerprint density at radius 1 is 1.33 bits per heavy atom. The zero-order chi connectivity index (χ0) is 14.0. The molecule has 0 aromatic heterocycles. The molecule has 4 nitrogen and oxygen atoms in total. The van der Waals surface area contributed by atoms with Crippen LogP contribution in [0.1, 0.15) is 5.56 Å². The fraction of sp³-hybridized carbons (Fsp3) is 0.400. The predicted octanol–water partition coefficient (Wildman–Crippen LogP) is 1.89. The maximum Gasteiger partial charge on any atom is 0.522 e. The number of para-hydroxylation sites is 1. The molecule has 18 heavy (non-hydrogen) atoms. The number of ether oxygens (including phenoxy) is 1. The monoisotopic (exact) mass is 283 g/mol. The van der Waals surface area contributed by atoms with Gasteiger partial charge in [-0.25, -0.2) is 8.42 Å². The lowest BCUT2D eigenvalue weighted by atomic mass is 10.2. The molecule has 0 aliphatic heterocycles. The fourth-order valence-electron chi connectivity index (χ4n) is 1.30. The molecule has 1 aromatic carbocycles. The van der Waals surface area contributed by atoms with E-state index in [0.29, 0.717) is 5.56 Å². The van der Waals surface area contributed by atoms with Crippen LogP contribution >= 0.6 is 0 Å². The maximum atomic E-state index is 11.8. The molecule has 0 aliphatic carbocycles. The second-order valence-corrected chi connectivity index (χ2v) is 5.68. The average Bonchev–Trinajstić information content (AvgIpc) is 2.19. The van der Waals surface area contributed by atoms with Crippen molar-refractivity contribution in [3.63, 3.8) is 0 Å². The number of aryl methyl sites for hydroxylation is 1. The van der Waals surface area contributed by atoms with E-state index in [1.165, 1.54) is 12.1 Å². The van der Waals surface area contributed by atoms with Crippen molar-refractivity contribution in [2.45, 2.75) is 18.2 Å². The molecule has 2 N–H and O–H groups in total. The van der Waals surface area contributed by atoms with Crippen LogP contribution in [0, 0.1) is 6.92 Å². The van der Waals surface area contributed by atoms with Gasteiger partial charge in [-0.05, 0) is 18.6 Å². The number of hydrogen-bond acceptors (Lipinski definition) is 4. The zero-order valence-corrected chi connectivity index (χ0v) is 10.3. The summed E-state index contributed by atoms with van der Waals surface area (Å²) in [5.41, 5.74) is 6.18. The first-order chi connectivity index (χ1) is 8.13. The Kier molecular flexibility index (Phi) is 4.23. The molecule has 1 aromatic rings. The number of nitrogens with two attached hydrogens (primary N) is 1. The van der Waals surface area contributed by atoms with Crippen LogP contribution in [0.2, 0.25) is 0 Å². The van der Waals surface area contributed by atoms with Crippen LogP contribution in [0.3, 0.4) is 0 Å². The van der Waals surface area contributed by atoms with E-state index in [0.717, 1.165) is 0 Å². The molecule has 0 fully saturated rings. The van der Waals surface area contributed by atoms with Gasteiger partial charge in [-0.1, -0.05) is 12.1 Å². The lowest BCUT2D eigenvalue weighted by Gasteiger charge is -2.10. The Morgan fingerprint density at radius 3 is 2.50 bits per heavy atom. The van der Waals surface area contributed by atoms with Gasteiger partial charge in [0.15, 0.2) is 9.84 Å². The number of alkyl halides is 3. The van der Waals surface area contributed by atoms with Crippen LogP contribution in [0.25, 0.3) is 0 Å². The first-order valence-electron chi connectivity index (χ1n) is 4.92. The molecule has 0 saturated heterocycles. The summed E-state index contributed by atoms with van der Waals surface area (Å²) in [4.78, 5) is -0.173. The number of anilines is 1. The largest absolute Gasteiger partial charge is 0.522 e. The van der Waals surface area contributed by atoms with Gasteiger partial charge in [0.1, 0.15) is 0 Å². The average molecular weight is 283 g/mol. The molecule has 102 valence electrons. The van der Waals surface area contributed by atoms with E-state index in [1.807, 2.05) is 0 Å². The summed E-state index contributed by atoms with van der Waals surface area (Å²) in [5, 5.41) is 0. The molecular weight excluding hydrogens is 271 g/mol. The first-order valence-corrected chi connectivity index (χ1v) is 6.57. The van der Waals surface area contributed by atoms with E-state index in [9.17, 15) is 21.6 Å². The highest BCUT2D eigenvalue weighted by Crippen LogP contribution is 2.23. The van der Waals surface area contributed by atoms with Gasteiger partial charge in [-0.15, -0.1) is 13.2 Å². The van der Waals surface area contributed by atoms with Crippen LogP contribution < -0.4 is 5.73 Å². The van der Waals surface area contributed by atoms with E-state index in [1.54, 1.807) is 13.0 Å². The molecule has 0 atom stereocenters. The Balaban J connectivity index is 2.84. The van der Waals surface area contributed by atoms with Crippen LogP contribution in [0.15, 0.2) is 23.1 Å². The summed E-state index contributed by atoms with van der Waals surface area (Å²) in [5.74, 6) is -0.778. The minimum absolute atomic E-state index is 0.0458. The highest BCUT2D eigenvalue weighted by Gasteiger charge is 2.30. The summed E-state index contributed by atoms with van der Waals surface area (Å²) >= 11 is 0. The van der Waals surface area contributed by atoms with Gasteiger partial charge >= 0.3 is 6.36 Å². The summed E-state index contributed by atoms with van der Waals surface area (Å²) in [6.45, 7) is 0.653. The zero-order valence-electron chi connectivity index (χ0n) is 9.49. The highest BCUT2D eigenvalue weighted by molar-refractivity contribution is 7.91. The van der Waals surface area contributed by atoms with Crippen molar-refractivity contribution >= 4 is 15.5 Å². The number of sulfone groups is 1. The Morgan fingerprint density at radius 2 is 1.94 bits per heavy atom. The number of rotatable bonds is 4. The summed E-state index contributed by atoms with van der Waals surface area (Å²) in [6.07, 6.45) is -4.84. The van der Waals surface area contributed by atoms with Gasteiger partial charge in [0.2, 0.25) is 0 Å². The minimum atomic E-state index is -4.84. The SMILES string of the molecule is Cc1cccc(S(=O)(=O)CCOC(F)(F)F)c1N. The van der Waals surface area contributed by atoms with Crippen LogP contribution in [0.4, 0.5) is 18.9 Å². The third-order valence-electron chi connectivity index (χ3n) is 2.24. The van der Waals surface area contributed by atoms with E-state index in [4.69, 9.17) is 5.73 Å². The van der Waals surface area contributed by atoms with Crippen molar-refractivity contribution in [2.75, 3.05) is 18.1 Å². The Hall–Kier alpha value is -1.28. The van der Waals surface area contributed by atoms with Crippen molar-refractivity contribution in [3.8, 4) is 0 Å². The molecule has 1 rings (SSSR count). The lowest BCUT2D eigenvalue weighted by Crippen LogP contribution is -2.20. The predicted molar refractivity (Wildman–Crippen MR) is 59.7 cm³/mol. The molecular formula is C10H12F3NO3S. The van der Waals surface area contributed by atoms with Crippen LogP contribution in [-0.2, 0) is 14.6 Å². The molecule has 0 aliphatic rings. The van der Waals surface area contributed by atoms with Gasteiger partial charge in [-0.3, -0.25) is 4.74 Å². The van der Waals surface area contributed by atoms with Gasteiger partial charge in [0.05, 0.1) is 22.9 Å². The van der Waals surface area contributed by atoms with Crippen molar-refractivity contribution in [1.82, 2.24) is 0 Å². The number of hydrogen-bond donors (Lipinski definition) is 1. The van der Waals surface area contributed by atoms with Crippen LogP contribution in [-0.4, -0.2) is 27.1 Å². The van der Waals surface area contributed by atoms with Gasteiger partial charge < -0.3 is 5.73 Å². The molecule has 8 heteroatoms. The number of nitrogen functional groups attached to an aromatic ring is 1. The van der Waals surface area contributed by atoms with Gasteiger partial charge in [0, 0.05) is 0 Å². The number of halogens is 3. The Labute approximate surface area is 102 Å². The third-order valence-corrected chi connectivity index (χ3v) is 3.97. The summed E-state index contributed by atoms with van der Waals surface area (Å²) in [7, 11) is -3.89. The molecule has 0 saturated carbocycles. The van der Waals surface area contributed by atoms with Crippen molar-refractivity contribution in [3.05, 3.63) is 23.8 Å². The molecule has 0 heterocycles. The van der Waals surface area contributed by atoms with Crippen LogP contribution in [0.5, 0.6) is 0 Å². The van der Waals surface area contributed by atoms with Gasteiger partial charge in [-0.2, -0.15) is 0 Å². The normalized spacial score (nSPS) is 12.7. The van der Waals surface area contributed by atoms with E-state index in [-0.39, 0.29) is 10.6 Å². The summed E-state index contributed by atoms with van der Waals surface area (Å²) < 4.78 is 62.2. The quantitative estimate of drug-likeness (QED) is 0.857. The molecule has 0 unspecified atom stereocenters. The Bertz CT molecular complexity index is 526. The fourth-order valence-corrected chi connectivity index (χ4v) is 2.61. The minimum Gasteiger partial charge on any atom is -0.397 e. The topological polar surface area (TPSA) is 69.4 Å². The third kappa shape index (κ3) is 3.88. The maximum absolute atomic E-state index is 11.8. The molecule has 0 spiro atoms. The van der Waals surface area contributed by atoms with E-state index < -0.39 is 28.6 Å². The second kappa shape index (κ2) is 5.15. The van der Waals surface area contributed by atoms with Crippen molar-refractivity contribution < 1.29 is 26.3 Å². The van der Waals surface area contributed by atoms with Crippen molar-refractivity contribution in [2.24, 2.45) is 0 Å². The molecule has 0 bridgehead atoms. The molecule has 0 radical (unpaired) electrons. The highest BCUT2D eigenvalue weighted by atomic mass is 32.2. The summed E-state index contributed by atoms with van der Waals surface area (Å²) in [6, 6.07) is 4.34. The van der Waals surface area contributed by atoms with E-state index in [2.05, 4.69) is 4.74 Å². The standard InChI is InChI=1S/C10H12F3NO3S/c1-7-3-2-4-8(9(7)14)18(15,16)6-5-17-10(11,12)13/h2-4H,5-6,14H2,1H3. The van der Waals surface area contributed by atoms with Gasteiger partial charge in [0.25, 0.3) is 0 Å². The smallest absolute Gasteiger partial charge is 0.397 e. The van der Waals surface area contributed by atoms with E-state index >= 15 is 0 Å². The lowest BCUT2D eigenvalue weighted by molar-refractivity contribution is -0.322. The van der Waals surface area contributed by atoms with Crippen molar-refractivity contribution in [1.29, 1.82) is 0 Å². The number of benzene rings is 1. The first kappa shape index (κ1) is 14.8.